The summed E-state index contributed by atoms with van der Waals surface area (Å²) in [6, 6.07) is 15.3. The zero-order chi connectivity index (χ0) is 21.7. The van der Waals surface area contributed by atoms with E-state index in [9.17, 15) is 9.90 Å². The molecule has 1 aromatic heterocycles. The minimum absolute atomic E-state index is 0.0154. The molecule has 2 aromatic carbocycles. The van der Waals surface area contributed by atoms with E-state index in [0.717, 1.165) is 29.5 Å². The van der Waals surface area contributed by atoms with Gasteiger partial charge in [-0.25, -0.2) is 9.78 Å². The number of fused-ring (bicyclic) bond motifs is 1. The molecule has 1 unspecified atom stereocenters. The lowest BCUT2D eigenvalue weighted by molar-refractivity contribution is -0.152. The predicted octanol–water partition coefficient (Wildman–Crippen LogP) is 5.34. The average molecular weight is 411 g/mol. The lowest BCUT2D eigenvalue weighted by Crippen LogP contribution is -2.37. The fourth-order valence-electron chi connectivity index (χ4n) is 3.11. The van der Waals surface area contributed by atoms with Crippen molar-refractivity contribution >= 4 is 17.1 Å². The highest BCUT2D eigenvalue weighted by Crippen LogP contribution is 2.25. The van der Waals surface area contributed by atoms with Gasteiger partial charge in [0.15, 0.2) is 11.2 Å². The summed E-state index contributed by atoms with van der Waals surface area (Å²) in [5.74, 6) is 0.828. The third kappa shape index (κ3) is 5.60. The number of hydrogen-bond acceptors (Lipinski definition) is 5. The van der Waals surface area contributed by atoms with Gasteiger partial charge in [-0.3, -0.25) is 0 Å². The van der Waals surface area contributed by atoms with Gasteiger partial charge in [0, 0.05) is 6.54 Å². The van der Waals surface area contributed by atoms with Gasteiger partial charge in [0.2, 0.25) is 5.89 Å². The number of carboxylic acid groups (broad SMARTS) is 1. The molecule has 1 heterocycles. The molecule has 30 heavy (non-hydrogen) atoms. The highest BCUT2D eigenvalue weighted by Gasteiger charge is 2.29. The van der Waals surface area contributed by atoms with Gasteiger partial charge in [0.25, 0.3) is 0 Å². The predicted molar refractivity (Wildman–Crippen MR) is 116 cm³/mol. The van der Waals surface area contributed by atoms with Crippen molar-refractivity contribution in [3.05, 3.63) is 60.0 Å². The zero-order valence-corrected chi connectivity index (χ0v) is 18.0. The summed E-state index contributed by atoms with van der Waals surface area (Å²) in [4.78, 5) is 15.9. The van der Waals surface area contributed by atoms with Crippen molar-refractivity contribution < 1.29 is 19.1 Å². The van der Waals surface area contributed by atoms with Crippen LogP contribution in [0.25, 0.3) is 11.1 Å². The van der Waals surface area contributed by atoms with Gasteiger partial charge < -0.3 is 19.6 Å². The van der Waals surface area contributed by atoms with Crippen LogP contribution in [0.3, 0.4) is 0 Å². The van der Waals surface area contributed by atoms with Crippen LogP contribution in [0.4, 0.5) is 0 Å². The van der Waals surface area contributed by atoms with E-state index in [1.165, 1.54) is 13.8 Å². The van der Waals surface area contributed by atoms with Gasteiger partial charge in [0.05, 0.1) is 6.04 Å². The molecule has 0 fully saturated rings. The largest absolute Gasteiger partial charge is 0.478 e. The Labute approximate surface area is 177 Å². The first-order valence-corrected chi connectivity index (χ1v) is 10.3. The molecule has 0 bridgehead atoms. The number of rotatable bonds is 10. The first-order chi connectivity index (χ1) is 14.2. The minimum atomic E-state index is -1.27. The highest BCUT2D eigenvalue weighted by atomic mass is 16.5. The number of hydrogen-bond donors (Lipinski definition) is 2. The van der Waals surface area contributed by atoms with E-state index in [1.54, 1.807) is 12.1 Å². The Bertz CT molecular complexity index is 943. The third-order valence-electron chi connectivity index (χ3n) is 5.01. The number of carboxylic acids is 1. The molecule has 0 amide bonds. The second kappa shape index (κ2) is 9.30. The molecule has 0 aliphatic rings. The van der Waals surface area contributed by atoms with E-state index in [-0.39, 0.29) is 6.04 Å². The Morgan fingerprint density at radius 2 is 1.83 bits per heavy atom. The summed E-state index contributed by atoms with van der Waals surface area (Å²) in [6.07, 6.45) is 1.99. The molecule has 2 N–H and O–H groups in total. The van der Waals surface area contributed by atoms with Crippen molar-refractivity contribution in [3.8, 4) is 5.75 Å². The quantitative estimate of drug-likeness (QED) is 0.469. The fraction of sp³-hybridized carbons (Fsp3) is 0.417. The molecule has 0 aliphatic carbocycles. The number of nitrogens with one attached hydrogen (secondary N) is 1. The number of oxazole rings is 1. The van der Waals surface area contributed by atoms with Crippen molar-refractivity contribution in [1.29, 1.82) is 0 Å². The normalized spacial score (nSPS) is 13.0. The van der Waals surface area contributed by atoms with Crippen LogP contribution in [0.1, 0.15) is 58.0 Å². The number of ether oxygens (including phenoxy) is 1. The molecule has 6 heteroatoms. The van der Waals surface area contributed by atoms with Crippen LogP contribution in [-0.4, -0.2) is 21.7 Å². The number of nitrogens with zero attached hydrogens (tertiary/aromatic N) is 1. The van der Waals surface area contributed by atoms with Gasteiger partial charge in [-0.1, -0.05) is 38.1 Å². The molecule has 1 atom stereocenters. The van der Waals surface area contributed by atoms with Crippen LogP contribution in [0, 0.1) is 5.92 Å². The van der Waals surface area contributed by atoms with Crippen molar-refractivity contribution in [2.75, 3.05) is 0 Å². The van der Waals surface area contributed by atoms with E-state index in [1.807, 2.05) is 36.4 Å². The molecule has 0 radical (unpaired) electrons. The lowest BCUT2D eigenvalue weighted by atomic mass is 10.0. The number of para-hydroxylation sites is 2. The molecule has 0 aliphatic heterocycles. The van der Waals surface area contributed by atoms with Crippen molar-refractivity contribution in [2.45, 2.75) is 58.7 Å². The second-order valence-electron chi connectivity index (χ2n) is 8.49. The van der Waals surface area contributed by atoms with Crippen molar-refractivity contribution in [3.63, 3.8) is 0 Å². The first-order valence-electron chi connectivity index (χ1n) is 10.3. The SMILES string of the molecule is CC(C)CCC(NCc1ccc(OC(C)(C)C(=O)O)cc1)c1nc2ccccc2o1. The third-order valence-corrected chi connectivity index (χ3v) is 5.01. The molecular formula is C24H30N2O4. The van der Waals surface area contributed by atoms with Crippen molar-refractivity contribution in [1.82, 2.24) is 10.3 Å². The molecule has 0 saturated heterocycles. The van der Waals surface area contributed by atoms with E-state index in [2.05, 4.69) is 24.1 Å². The summed E-state index contributed by atoms with van der Waals surface area (Å²) in [7, 11) is 0. The van der Waals surface area contributed by atoms with Gasteiger partial charge >= 0.3 is 5.97 Å². The van der Waals surface area contributed by atoms with Gasteiger partial charge in [-0.05, 0) is 62.4 Å². The van der Waals surface area contributed by atoms with E-state index >= 15 is 0 Å². The molecule has 6 nitrogen and oxygen atoms in total. The van der Waals surface area contributed by atoms with Gasteiger partial charge in [-0.15, -0.1) is 0 Å². The molecular weight excluding hydrogens is 380 g/mol. The lowest BCUT2D eigenvalue weighted by Gasteiger charge is -2.21. The maximum atomic E-state index is 11.2. The first kappa shape index (κ1) is 21.8. The van der Waals surface area contributed by atoms with E-state index < -0.39 is 11.6 Å². The maximum absolute atomic E-state index is 11.2. The summed E-state index contributed by atoms with van der Waals surface area (Å²) in [5, 5.41) is 12.8. The Kier molecular flexibility index (Phi) is 6.77. The highest BCUT2D eigenvalue weighted by molar-refractivity contribution is 5.76. The second-order valence-corrected chi connectivity index (χ2v) is 8.49. The topological polar surface area (TPSA) is 84.6 Å². The Morgan fingerprint density at radius 1 is 1.13 bits per heavy atom. The molecule has 160 valence electrons. The fourth-order valence-corrected chi connectivity index (χ4v) is 3.11. The number of benzene rings is 2. The van der Waals surface area contributed by atoms with E-state index in [4.69, 9.17) is 9.15 Å². The van der Waals surface area contributed by atoms with Crippen LogP contribution in [0.15, 0.2) is 52.9 Å². The number of aliphatic carboxylic acids is 1. The molecule has 0 saturated carbocycles. The molecule has 0 spiro atoms. The van der Waals surface area contributed by atoms with Gasteiger partial charge in [-0.2, -0.15) is 0 Å². The Balaban J connectivity index is 1.68. The standard InChI is InChI=1S/C24H30N2O4/c1-16(2)9-14-20(22-26-19-7-5-6-8-21(19)29-22)25-15-17-10-12-18(13-11-17)30-24(3,4)23(27)28/h5-8,10-13,16,20,25H,9,14-15H2,1-4H3,(H,27,28). The zero-order valence-electron chi connectivity index (χ0n) is 18.0. The van der Waals surface area contributed by atoms with E-state index in [0.29, 0.717) is 24.1 Å². The summed E-state index contributed by atoms with van der Waals surface area (Å²) in [5.41, 5.74) is 1.47. The Morgan fingerprint density at radius 3 is 2.47 bits per heavy atom. The molecule has 3 aromatic rings. The van der Waals surface area contributed by atoms with Crippen LogP contribution in [-0.2, 0) is 11.3 Å². The maximum Gasteiger partial charge on any atom is 0.347 e. The Hall–Kier alpha value is -2.86. The van der Waals surface area contributed by atoms with Gasteiger partial charge in [0.1, 0.15) is 11.3 Å². The van der Waals surface area contributed by atoms with Crippen LogP contribution >= 0.6 is 0 Å². The van der Waals surface area contributed by atoms with Crippen LogP contribution < -0.4 is 10.1 Å². The average Bonchev–Trinajstić information content (AvgIpc) is 3.12. The van der Waals surface area contributed by atoms with Crippen LogP contribution in [0.2, 0.25) is 0 Å². The smallest absolute Gasteiger partial charge is 0.347 e. The number of carbonyl (C=O) groups is 1. The van der Waals surface area contributed by atoms with Crippen LogP contribution in [0.5, 0.6) is 5.75 Å². The monoisotopic (exact) mass is 410 g/mol. The minimum Gasteiger partial charge on any atom is -0.478 e. The van der Waals surface area contributed by atoms with Crippen molar-refractivity contribution in [2.24, 2.45) is 5.92 Å². The summed E-state index contributed by atoms with van der Waals surface area (Å²) >= 11 is 0. The number of aromatic nitrogens is 1. The summed E-state index contributed by atoms with van der Waals surface area (Å²) in [6.45, 7) is 8.12. The molecule has 3 rings (SSSR count). The summed E-state index contributed by atoms with van der Waals surface area (Å²) < 4.78 is 11.6.